The smallest absolute Gasteiger partial charge is 0.141 e. The molecule has 0 radical (unpaired) electrons. The van der Waals surface area contributed by atoms with E-state index in [0.29, 0.717) is 33.0 Å². The predicted molar refractivity (Wildman–Crippen MR) is 145 cm³/mol. The molecule has 0 fully saturated rings. The Bertz CT molecular complexity index is 1590. The molecule has 11 heteroatoms. The Hall–Kier alpha value is -3.55. The van der Waals surface area contributed by atoms with Crippen molar-refractivity contribution in [3.05, 3.63) is 104 Å². The molecule has 6 nitrogen and oxygen atoms in total. The van der Waals surface area contributed by atoms with Crippen LogP contribution in [0.1, 0.15) is 24.1 Å². The van der Waals surface area contributed by atoms with Gasteiger partial charge in [0, 0.05) is 27.9 Å². The molecule has 4 aromatic rings. The molecule has 1 aliphatic rings. The number of anilines is 3. The maximum atomic E-state index is 13.7. The van der Waals surface area contributed by atoms with E-state index in [0.717, 1.165) is 16.2 Å². The van der Waals surface area contributed by atoms with Crippen LogP contribution in [0.3, 0.4) is 0 Å². The third kappa shape index (κ3) is 5.15. The number of halogens is 4. The number of nitrogens with one attached hydrogen (secondary N) is 4. The number of fused-ring (bicyclic) bond motifs is 1. The highest BCUT2D eigenvalue weighted by molar-refractivity contribution is 8.01. The molecule has 1 unspecified atom stereocenters. The number of allylic oxidation sites excluding steroid dienone is 1. The number of rotatable bonds is 6. The Labute approximate surface area is 225 Å². The minimum absolute atomic E-state index is 0.0522. The molecular formula is C26H18Cl2F2N6S. The van der Waals surface area contributed by atoms with Gasteiger partial charge in [-0.1, -0.05) is 35.3 Å². The minimum Gasteiger partial charge on any atom is -0.373 e. The summed E-state index contributed by atoms with van der Waals surface area (Å²) in [5.41, 5.74) is 7.19. The monoisotopic (exact) mass is 554 g/mol. The van der Waals surface area contributed by atoms with Gasteiger partial charge in [-0.25, -0.2) is 8.78 Å². The molecule has 5 rings (SSSR count). The average molecular weight is 555 g/mol. The number of hydrogen-bond acceptors (Lipinski definition) is 7. The zero-order chi connectivity index (χ0) is 26.1. The summed E-state index contributed by atoms with van der Waals surface area (Å²) in [7, 11) is 0. The van der Waals surface area contributed by atoms with E-state index in [1.165, 1.54) is 48.5 Å². The summed E-state index contributed by atoms with van der Waals surface area (Å²) >= 11 is 14.0. The number of aromatic nitrogens is 1. The summed E-state index contributed by atoms with van der Waals surface area (Å²) in [4.78, 5) is 8.42. The fraction of sp³-hybridized carbons (Fsp3) is 0.0769. The van der Waals surface area contributed by atoms with E-state index in [1.807, 2.05) is 13.0 Å². The number of benzene rings is 3. The highest BCUT2D eigenvalue weighted by atomic mass is 35.5. The van der Waals surface area contributed by atoms with Crippen LogP contribution in [0.2, 0.25) is 10.0 Å². The van der Waals surface area contributed by atoms with Gasteiger partial charge >= 0.3 is 0 Å². The number of hydrogen-bond donors (Lipinski definition) is 4. The van der Waals surface area contributed by atoms with Gasteiger partial charge in [0.2, 0.25) is 0 Å². The lowest BCUT2D eigenvalue weighted by molar-refractivity contribution is 0.626. The number of nitriles is 1. The second kappa shape index (κ2) is 10.4. The Kier molecular flexibility index (Phi) is 7.09. The van der Waals surface area contributed by atoms with Gasteiger partial charge in [-0.15, -0.1) is 0 Å². The molecule has 1 atom stereocenters. The summed E-state index contributed by atoms with van der Waals surface area (Å²) in [6.07, 6.45) is 1.43. The molecule has 37 heavy (non-hydrogen) atoms. The molecule has 0 saturated carbocycles. The maximum Gasteiger partial charge on any atom is 0.141 e. The molecule has 0 spiro atoms. The molecule has 0 amide bonds. The van der Waals surface area contributed by atoms with E-state index < -0.39 is 5.82 Å². The van der Waals surface area contributed by atoms with Crippen LogP contribution >= 0.6 is 35.1 Å². The van der Waals surface area contributed by atoms with Crippen molar-refractivity contribution in [1.29, 1.82) is 5.26 Å². The Morgan fingerprint density at radius 3 is 2.46 bits per heavy atom. The molecule has 2 heterocycles. The maximum absolute atomic E-state index is 13.7. The molecule has 4 N–H and O–H groups in total. The fourth-order valence-corrected chi connectivity index (χ4v) is 5.04. The number of pyridine rings is 1. The Morgan fingerprint density at radius 2 is 1.78 bits per heavy atom. The lowest BCUT2D eigenvalue weighted by Gasteiger charge is -2.23. The molecule has 3 aromatic carbocycles. The van der Waals surface area contributed by atoms with Crippen LogP contribution in [0.15, 0.2) is 71.4 Å². The van der Waals surface area contributed by atoms with Crippen LogP contribution in [-0.2, 0) is 0 Å². The molecule has 1 aliphatic heterocycles. The summed E-state index contributed by atoms with van der Waals surface area (Å²) < 4.78 is 27.3. The lowest BCUT2D eigenvalue weighted by atomic mass is 10.0. The zero-order valence-electron chi connectivity index (χ0n) is 19.2. The van der Waals surface area contributed by atoms with Gasteiger partial charge < -0.3 is 16.1 Å². The molecule has 1 aromatic heterocycles. The third-order valence-electron chi connectivity index (χ3n) is 5.81. The lowest BCUT2D eigenvalue weighted by Crippen LogP contribution is -2.26. The summed E-state index contributed by atoms with van der Waals surface area (Å²) in [5.74, 6) is -0.882. The van der Waals surface area contributed by atoms with E-state index in [9.17, 15) is 14.0 Å². The van der Waals surface area contributed by atoms with Gasteiger partial charge in [0.25, 0.3) is 0 Å². The first-order chi connectivity index (χ1) is 17.8. The Morgan fingerprint density at radius 1 is 1.03 bits per heavy atom. The first kappa shape index (κ1) is 25.1. The summed E-state index contributed by atoms with van der Waals surface area (Å²) in [6, 6.07) is 15.8. The molecule has 0 saturated heterocycles. The summed E-state index contributed by atoms with van der Waals surface area (Å²) in [5, 5.41) is 17.3. The van der Waals surface area contributed by atoms with E-state index in [-0.39, 0.29) is 22.4 Å². The molecule has 186 valence electrons. The SMILES string of the molecule is CC1=C(C(Nc2cc(Cl)c3ncc(C#N)c(Nc4ccc(F)c(Cl)c4)c3c2)c2ccc(F)cc2)NNS1. The molecule has 0 aliphatic carbocycles. The van der Waals surface area contributed by atoms with Crippen LogP contribution in [-0.4, -0.2) is 4.98 Å². The van der Waals surface area contributed by atoms with Gasteiger partial charge in [-0.2, -0.15) is 10.1 Å². The van der Waals surface area contributed by atoms with Gasteiger partial charge in [0.05, 0.1) is 38.6 Å². The van der Waals surface area contributed by atoms with Crippen LogP contribution in [0.25, 0.3) is 10.9 Å². The van der Waals surface area contributed by atoms with Crippen molar-refractivity contribution in [1.82, 2.24) is 15.2 Å². The third-order valence-corrected chi connectivity index (χ3v) is 7.11. The van der Waals surface area contributed by atoms with Crippen molar-refractivity contribution < 1.29 is 8.78 Å². The topological polar surface area (TPSA) is 84.8 Å². The van der Waals surface area contributed by atoms with Crippen molar-refractivity contribution in [3.63, 3.8) is 0 Å². The van der Waals surface area contributed by atoms with Gasteiger partial charge in [0.15, 0.2) is 0 Å². The van der Waals surface area contributed by atoms with E-state index in [2.05, 4.69) is 31.9 Å². The first-order valence-corrected chi connectivity index (χ1v) is 12.6. The minimum atomic E-state index is -0.550. The standard InChI is InChI=1S/C26H18Cl2F2N6S/c1-13-23(35-36-37-13)25(14-2-4-16(29)5-3-14)34-18-8-19-24(33-17-6-7-22(30)20(27)9-17)15(11-31)12-32-26(19)21(28)10-18/h2-10,12,25,34-36H,1H3,(H,32,33). The van der Waals surface area contributed by atoms with Crippen LogP contribution in [0.4, 0.5) is 25.8 Å². The average Bonchev–Trinajstić information content (AvgIpc) is 3.31. The highest BCUT2D eigenvalue weighted by Gasteiger charge is 2.24. The zero-order valence-corrected chi connectivity index (χ0v) is 21.5. The summed E-state index contributed by atoms with van der Waals surface area (Å²) in [6.45, 7) is 1.97. The largest absolute Gasteiger partial charge is 0.373 e. The highest BCUT2D eigenvalue weighted by Crippen LogP contribution is 2.38. The predicted octanol–water partition coefficient (Wildman–Crippen LogP) is 7.58. The van der Waals surface area contributed by atoms with Gasteiger partial charge in [-0.3, -0.25) is 4.98 Å². The quantitative estimate of drug-likeness (QED) is 0.183. The first-order valence-electron chi connectivity index (χ1n) is 11.0. The normalized spacial score (nSPS) is 13.8. The molecule has 0 bridgehead atoms. The van der Waals surface area contributed by atoms with Crippen LogP contribution in [0.5, 0.6) is 0 Å². The van der Waals surface area contributed by atoms with E-state index in [4.69, 9.17) is 23.2 Å². The molecular weight excluding hydrogens is 537 g/mol. The van der Waals surface area contributed by atoms with Crippen molar-refractivity contribution >= 4 is 63.1 Å². The van der Waals surface area contributed by atoms with Crippen molar-refractivity contribution in [3.8, 4) is 6.07 Å². The number of hydrazine groups is 1. The second-order valence-electron chi connectivity index (χ2n) is 8.19. The van der Waals surface area contributed by atoms with Crippen LogP contribution < -0.4 is 20.9 Å². The van der Waals surface area contributed by atoms with Gasteiger partial charge in [0.1, 0.15) is 17.7 Å². The van der Waals surface area contributed by atoms with Crippen LogP contribution in [0, 0.1) is 23.0 Å². The fourth-order valence-electron chi connectivity index (χ4n) is 4.00. The second-order valence-corrected chi connectivity index (χ2v) is 10.0. The Balaban J connectivity index is 1.61. The van der Waals surface area contributed by atoms with Crippen molar-refractivity contribution in [2.24, 2.45) is 0 Å². The number of nitrogens with zero attached hydrogens (tertiary/aromatic N) is 2. The van der Waals surface area contributed by atoms with E-state index in [1.54, 1.807) is 18.2 Å². The van der Waals surface area contributed by atoms with Gasteiger partial charge in [-0.05, 0) is 66.9 Å². The van der Waals surface area contributed by atoms with E-state index >= 15 is 0 Å². The van der Waals surface area contributed by atoms with Crippen molar-refractivity contribution in [2.75, 3.05) is 10.6 Å². The van der Waals surface area contributed by atoms with Crippen molar-refractivity contribution in [2.45, 2.75) is 13.0 Å².